The molecule has 0 fully saturated rings. The van der Waals surface area contributed by atoms with E-state index in [1.165, 1.54) is 5.56 Å². The molecule has 0 unspecified atom stereocenters. The van der Waals surface area contributed by atoms with E-state index in [1.807, 2.05) is 26.0 Å². The van der Waals surface area contributed by atoms with Crippen LogP contribution in [0.25, 0.3) is 0 Å². The normalized spacial score (nSPS) is 10.6. The molecule has 0 spiro atoms. The van der Waals surface area contributed by atoms with Gasteiger partial charge in [0.15, 0.2) is 0 Å². The smallest absolute Gasteiger partial charge is 0.125 e. The minimum atomic E-state index is 0.562. The second-order valence-corrected chi connectivity index (χ2v) is 5.45. The molecule has 20 heavy (non-hydrogen) atoms. The fourth-order valence-corrected chi connectivity index (χ4v) is 2.58. The molecule has 0 aliphatic heterocycles. The highest BCUT2D eigenvalue weighted by atomic mass is 35.5. The first kappa shape index (κ1) is 14.9. The molecule has 2 rings (SSSR count). The molecule has 0 bridgehead atoms. The van der Waals surface area contributed by atoms with Gasteiger partial charge >= 0.3 is 0 Å². The molecule has 0 atom stereocenters. The van der Waals surface area contributed by atoms with Gasteiger partial charge in [-0.15, -0.1) is 0 Å². The van der Waals surface area contributed by atoms with Gasteiger partial charge in [-0.3, -0.25) is 0 Å². The summed E-state index contributed by atoms with van der Waals surface area (Å²) in [6.07, 6.45) is 0.913. The van der Waals surface area contributed by atoms with Crippen LogP contribution in [-0.2, 0) is 13.0 Å². The van der Waals surface area contributed by atoms with Gasteiger partial charge in [0.1, 0.15) is 12.4 Å². The quantitative estimate of drug-likeness (QED) is 0.902. The maximum Gasteiger partial charge on any atom is 0.125 e. The van der Waals surface area contributed by atoms with Crippen molar-refractivity contribution in [2.45, 2.75) is 26.9 Å². The van der Waals surface area contributed by atoms with E-state index in [4.69, 9.17) is 22.1 Å². The van der Waals surface area contributed by atoms with E-state index < -0.39 is 0 Å². The van der Waals surface area contributed by atoms with Crippen LogP contribution in [0.4, 0.5) is 0 Å². The Bertz CT molecular complexity index is 555. The van der Waals surface area contributed by atoms with Gasteiger partial charge in [0.05, 0.1) is 0 Å². The average Bonchev–Trinajstić information content (AvgIpc) is 2.39. The van der Waals surface area contributed by atoms with Crippen molar-refractivity contribution < 1.29 is 4.74 Å². The Morgan fingerprint density at radius 2 is 1.55 bits per heavy atom. The summed E-state index contributed by atoms with van der Waals surface area (Å²) in [6.45, 7) is 5.27. The van der Waals surface area contributed by atoms with Crippen LogP contribution in [-0.4, -0.2) is 6.54 Å². The van der Waals surface area contributed by atoms with Crippen molar-refractivity contribution in [3.8, 4) is 5.75 Å². The second-order valence-electron chi connectivity index (χ2n) is 5.01. The highest BCUT2D eigenvalue weighted by Crippen LogP contribution is 2.27. The monoisotopic (exact) mass is 289 g/mol. The van der Waals surface area contributed by atoms with E-state index in [2.05, 4.69) is 24.3 Å². The molecule has 0 aromatic heterocycles. The van der Waals surface area contributed by atoms with Gasteiger partial charge in [-0.05, 0) is 61.2 Å². The number of halogens is 1. The molecule has 0 radical (unpaired) electrons. The molecule has 0 heterocycles. The molecule has 2 aromatic carbocycles. The first-order chi connectivity index (χ1) is 9.60. The first-order valence-electron chi connectivity index (χ1n) is 6.77. The summed E-state index contributed by atoms with van der Waals surface area (Å²) in [7, 11) is 0. The summed E-state index contributed by atoms with van der Waals surface area (Å²) >= 11 is 6.02. The van der Waals surface area contributed by atoms with Crippen LogP contribution >= 0.6 is 11.6 Å². The molecule has 0 saturated heterocycles. The number of aryl methyl sites for hydroxylation is 2. The van der Waals surface area contributed by atoms with Gasteiger partial charge in [0, 0.05) is 5.02 Å². The van der Waals surface area contributed by atoms with E-state index in [0.717, 1.165) is 33.9 Å². The zero-order valence-corrected chi connectivity index (χ0v) is 12.7. The third kappa shape index (κ3) is 3.75. The van der Waals surface area contributed by atoms with Gasteiger partial charge in [-0.25, -0.2) is 0 Å². The summed E-state index contributed by atoms with van der Waals surface area (Å²) in [4.78, 5) is 0. The zero-order valence-electron chi connectivity index (χ0n) is 11.9. The Hall–Kier alpha value is -1.51. The Morgan fingerprint density at radius 1 is 1.00 bits per heavy atom. The predicted octanol–water partition coefficient (Wildman–Crippen LogP) is 4.04. The van der Waals surface area contributed by atoms with Gasteiger partial charge in [0.25, 0.3) is 0 Å². The number of ether oxygens (including phenoxy) is 1. The van der Waals surface area contributed by atoms with Crippen LogP contribution in [0, 0.1) is 13.8 Å². The Labute approximate surface area is 125 Å². The summed E-state index contributed by atoms with van der Waals surface area (Å²) in [6, 6.07) is 12.2. The van der Waals surface area contributed by atoms with E-state index in [1.54, 1.807) is 0 Å². The van der Waals surface area contributed by atoms with Crippen LogP contribution in [0.5, 0.6) is 5.75 Å². The Morgan fingerprint density at radius 3 is 2.10 bits per heavy atom. The Balaban J connectivity index is 2.05. The minimum Gasteiger partial charge on any atom is -0.488 e. The van der Waals surface area contributed by atoms with E-state index in [9.17, 15) is 0 Å². The summed E-state index contributed by atoms with van der Waals surface area (Å²) in [5.41, 5.74) is 10.1. The van der Waals surface area contributed by atoms with Crippen molar-refractivity contribution in [3.05, 3.63) is 63.7 Å². The number of hydrogen-bond donors (Lipinski definition) is 1. The molecule has 2 aromatic rings. The molecule has 3 heteroatoms. The zero-order chi connectivity index (χ0) is 14.5. The van der Waals surface area contributed by atoms with Crippen LogP contribution in [0.3, 0.4) is 0 Å². The van der Waals surface area contributed by atoms with Gasteiger partial charge in [0.2, 0.25) is 0 Å². The fraction of sp³-hybridized carbons (Fsp3) is 0.294. The molecule has 0 aliphatic rings. The van der Waals surface area contributed by atoms with Gasteiger partial charge in [-0.2, -0.15) is 0 Å². The SMILES string of the molecule is Cc1cc(Cl)cc(C)c1OCc1ccc(CCN)cc1. The summed E-state index contributed by atoms with van der Waals surface area (Å²) < 4.78 is 5.93. The van der Waals surface area contributed by atoms with Crippen LogP contribution < -0.4 is 10.5 Å². The molecular weight excluding hydrogens is 270 g/mol. The molecule has 106 valence electrons. The molecule has 2 nitrogen and oxygen atoms in total. The highest BCUT2D eigenvalue weighted by Gasteiger charge is 2.06. The molecular formula is C17H20ClNO. The van der Waals surface area contributed by atoms with Crippen LogP contribution in [0.1, 0.15) is 22.3 Å². The van der Waals surface area contributed by atoms with Crippen molar-refractivity contribution in [3.63, 3.8) is 0 Å². The minimum absolute atomic E-state index is 0.562. The summed E-state index contributed by atoms with van der Waals surface area (Å²) in [5.74, 6) is 0.917. The second kappa shape index (κ2) is 6.78. The number of benzene rings is 2. The maximum atomic E-state index is 6.02. The van der Waals surface area contributed by atoms with Crippen molar-refractivity contribution in [1.29, 1.82) is 0 Å². The van der Waals surface area contributed by atoms with E-state index >= 15 is 0 Å². The van der Waals surface area contributed by atoms with Crippen LogP contribution in [0.2, 0.25) is 5.02 Å². The standard InChI is InChI=1S/C17H20ClNO/c1-12-9-16(18)10-13(2)17(12)20-11-15-5-3-14(4-6-15)7-8-19/h3-6,9-10H,7-8,11,19H2,1-2H3. The topological polar surface area (TPSA) is 35.2 Å². The Kier molecular flexibility index (Phi) is 5.05. The third-order valence-corrected chi connectivity index (χ3v) is 3.48. The van der Waals surface area contributed by atoms with Crippen molar-refractivity contribution in [2.24, 2.45) is 5.73 Å². The molecule has 0 aliphatic carbocycles. The average molecular weight is 290 g/mol. The molecule has 0 amide bonds. The highest BCUT2D eigenvalue weighted by molar-refractivity contribution is 6.30. The lowest BCUT2D eigenvalue weighted by atomic mass is 10.1. The van der Waals surface area contributed by atoms with Gasteiger partial charge in [-0.1, -0.05) is 35.9 Å². The number of rotatable bonds is 5. The molecule has 0 saturated carbocycles. The first-order valence-corrected chi connectivity index (χ1v) is 7.15. The maximum absolute atomic E-state index is 6.02. The van der Waals surface area contributed by atoms with Crippen molar-refractivity contribution in [1.82, 2.24) is 0 Å². The van der Waals surface area contributed by atoms with Crippen molar-refractivity contribution in [2.75, 3.05) is 6.54 Å². The number of nitrogens with two attached hydrogens (primary N) is 1. The largest absolute Gasteiger partial charge is 0.488 e. The predicted molar refractivity (Wildman–Crippen MR) is 84.5 cm³/mol. The van der Waals surface area contributed by atoms with E-state index in [0.29, 0.717) is 13.2 Å². The van der Waals surface area contributed by atoms with Gasteiger partial charge < -0.3 is 10.5 Å². The van der Waals surface area contributed by atoms with Crippen molar-refractivity contribution >= 4 is 11.6 Å². The lowest BCUT2D eigenvalue weighted by Gasteiger charge is -2.13. The molecule has 2 N–H and O–H groups in total. The van der Waals surface area contributed by atoms with E-state index in [-0.39, 0.29) is 0 Å². The summed E-state index contributed by atoms with van der Waals surface area (Å²) in [5, 5.41) is 0.749. The lowest BCUT2D eigenvalue weighted by molar-refractivity contribution is 0.302. The van der Waals surface area contributed by atoms with Crippen LogP contribution in [0.15, 0.2) is 36.4 Å². The fourth-order valence-electron chi connectivity index (χ4n) is 2.25. The third-order valence-electron chi connectivity index (χ3n) is 3.26. The lowest BCUT2D eigenvalue weighted by Crippen LogP contribution is -2.03. The number of hydrogen-bond acceptors (Lipinski definition) is 2.